The molecule has 19 heavy (non-hydrogen) atoms. The normalized spacial score (nSPS) is 12.7. The summed E-state index contributed by atoms with van der Waals surface area (Å²) >= 11 is 0. The molecular formula is C13H19N3O3. The molecule has 1 atom stereocenters. The van der Waals surface area contributed by atoms with Crippen LogP contribution < -0.4 is 10.8 Å². The summed E-state index contributed by atoms with van der Waals surface area (Å²) in [5.41, 5.74) is 1.96. The van der Waals surface area contributed by atoms with Gasteiger partial charge in [0.1, 0.15) is 0 Å². The highest BCUT2D eigenvalue weighted by Gasteiger charge is 2.23. The van der Waals surface area contributed by atoms with Gasteiger partial charge in [0.05, 0.1) is 17.3 Å². The molecule has 1 aromatic heterocycles. The molecule has 0 aromatic carbocycles. The number of pyridine rings is 1. The van der Waals surface area contributed by atoms with Crippen molar-refractivity contribution in [2.24, 2.45) is 5.41 Å². The Kier molecular flexibility index (Phi) is 4.61. The molecule has 1 aromatic rings. The van der Waals surface area contributed by atoms with E-state index in [0.29, 0.717) is 5.69 Å². The highest BCUT2D eigenvalue weighted by atomic mass is 16.5. The van der Waals surface area contributed by atoms with Crippen LogP contribution in [0.25, 0.3) is 0 Å². The molecule has 2 amide bonds. The van der Waals surface area contributed by atoms with E-state index in [0.717, 1.165) is 0 Å². The van der Waals surface area contributed by atoms with E-state index in [9.17, 15) is 9.59 Å². The van der Waals surface area contributed by atoms with Gasteiger partial charge in [-0.25, -0.2) is 5.48 Å². The van der Waals surface area contributed by atoms with Crippen LogP contribution in [0.5, 0.6) is 0 Å². The van der Waals surface area contributed by atoms with Crippen molar-refractivity contribution in [2.75, 3.05) is 0 Å². The van der Waals surface area contributed by atoms with E-state index in [4.69, 9.17) is 5.21 Å². The minimum Gasteiger partial charge on any atom is -0.348 e. The van der Waals surface area contributed by atoms with Gasteiger partial charge in [-0.1, -0.05) is 20.8 Å². The van der Waals surface area contributed by atoms with Gasteiger partial charge in [-0.15, -0.1) is 0 Å². The first-order valence-electron chi connectivity index (χ1n) is 5.97. The van der Waals surface area contributed by atoms with Gasteiger partial charge in [0.25, 0.3) is 5.91 Å². The van der Waals surface area contributed by atoms with Gasteiger partial charge >= 0.3 is 0 Å². The Bertz CT molecular complexity index is 463. The lowest BCUT2D eigenvalue weighted by molar-refractivity contribution is -0.129. The standard InChI is InChI=1S/C13H19N3O3/c1-8(15-12(18)13(2,3)4)10-6-5-9(7-14-10)11(17)16-19/h5-8,19H,1-4H3,(H,15,18)(H,16,17)/t8-/m0/s1. The van der Waals surface area contributed by atoms with Crippen molar-refractivity contribution in [3.05, 3.63) is 29.6 Å². The van der Waals surface area contributed by atoms with Gasteiger partial charge < -0.3 is 5.32 Å². The summed E-state index contributed by atoms with van der Waals surface area (Å²) in [6, 6.07) is 2.92. The number of amides is 2. The van der Waals surface area contributed by atoms with Crippen LogP contribution in [0.3, 0.4) is 0 Å². The fourth-order valence-corrected chi connectivity index (χ4v) is 1.35. The largest absolute Gasteiger partial charge is 0.348 e. The molecule has 0 aliphatic heterocycles. The number of hydrogen-bond donors (Lipinski definition) is 3. The lowest BCUT2D eigenvalue weighted by Crippen LogP contribution is -2.36. The third kappa shape index (κ3) is 4.03. The topological polar surface area (TPSA) is 91.3 Å². The minimum atomic E-state index is -0.620. The van der Waals surface area contributed by atoms with Crippen LogP contribution >= 0.6 is 0 Å². The molecule has 0 spiro atoms. The zero-order valence-corrected chi connectivity index (χ0v) is 11.5. The van der Waals surface area contributed by atoms with Crippen LogP contribution in [0, 0.1) is 5.41 Å². The van der Waals surface area contributed by atoms with E-state index in [-0.39, 0.29) is 17.5 Å². The maximum Gasteiger partial charge on any atom is 0.276 e. The lowest BCUT2D eigenvalue weighted by Gasteiger charge is -2.21. The predicted octanol–water partition coefficient (Wildman–Crippen LogP) is 1.42. The monoisotopic (exact) mass is 265 g/mol. The molecule has 0 bridgehead atoms. The van der Waals surface area contributed by atoms with Crippen LogP contribution in [0.2, 0.25) is 0 Å². The van der Waals surface area contributed by atoms with E-state index in [2.05, 4.69) is 10.3 Å². The van der Waals surface area contributed by atoms with Crippen molar-refractivity contribution >= 4 is 11.8 Å². The van der Waals surface area contributed by atoms with Crippen LogP contribution in [-0.4, -0.2) is 22.0 Å². The summed E-state index contributed by atoms with van der Waals surface area (Å²) in [6.45, 7) is 7.31. The molecule has 0 aliphatic carbocycles. The van der Waals surface area contributed by atoms with Gasteiger partial charge in [-0.3, -0.25) is 19.8 Å². The average Bonchev–Trinajstić information content (AvgIpc) is 2.36. The molecular weight excluding hydrogens is 246 g/mol. The number of rotatable bonds is 3. The molecule has 104 valence electrons. The van der Waals surface area contributed by atoms with Crippen LogP contribution in [0.4, 0.5) is 0 Å². The molecule has 0 fully saturated rings. The van der Waals surface area contributed by atoms with Crippen LogP contribution in [-0.2, 0) is 4.79 Å². The molecule has 6 nitrogen and oxygen atoms in total. The Hall–Kier alpha value is -1.95. The first kappa shape index (κ1) is 15.1. The second kappa shape index (κ2) is 5.79. The summed E-state index contributed by atoms with van der Waals surface area (Å²) in [5, 5.41) is 11.3. The Morgan fingerprint density at radius 3 is 2.37 bits per heavy atom. The van der Waals surface area contributed by atoms with E-state index >= 15 is 0 Å². The molecule has 0 unspecified atom stereocenters. The van der Waals surface area contributed by atoms with Crippen molar-refractivity contribution in [3.8, 4) is 0 Å². The third-order valence-corrected chi connectivity index (χ3v) is 2.62. The highest BCUT2D eigenvalue weighted by molar-refractivity contribution is 5.92. The number of carbonyl (C=O) groups excluding carboxylic acids is 2. The van der Waals surface area contributed by atoms with E-state index in [1.807, 2.05) is 27.7 Å². The quantitative estimate of drug-likeness (QED) is 0.569. The third-order valence-electron chi connectivity index (χ3n) is 2.62. The highest BCUT2D eigenvalue weighted by Crippen LogP contribution is 2.16. The van der Waals surface area contributed by atoms with Crippen molar-refractivity contribution in [3.63, 3.8) is 0 Å². The molecule has 0 radical (unpaired) electrons. The smallest absolute Gasteiger partial charge is 0.276 e. The summed E-state index contributed by atoms with van der Waals surface area (Å²) in [5.74, 6) is -0.690. The van der Waals surface area contributed by atoms with Crippen molar-refractivity contribution < 1.29 is 14.8 Å². The van der Waals surface area contributed by atoms with Gasteiger partial charge in [-0.2, -0.15) is 0 Å². The SMILES string of the molecule is C[C@H](NC(=O)C(C)(C)C)c1ccc(C(=O)NO)cn1. The Balaban J connectivity index is 2.76. The number of hydrogen-bond acceptors (Lipinski definition) is 4. The number of carbonyl (C=O) groups is 2. The average molecular weight is 265 g/mol. The van der Waals surface area contributed by atoms with Gasteiger partial charge in [-0.05, 0) is 19.1 Å². The first-order chi connectivity index (χ1) is 8.75. The van der Waals surface area contributed by atoms with E-state index < -0.39 is 11.3 Å². The molecule has 0 saturated heterocycles. The second-order valence-corrected chi connectivity index (χ2v) is 5.36. The zero-order valence-electron chi connectivity index (χ0n) is 11.5. The molecule has 0 aliphatic rings. The fraction of sp³-hybridized carbons (Fsp3) is 0.462. The maximum absolute atomic E-state index is 11.8. The second-order valence-electron chi connectivity index (χ2n) is 5.36. The van der Waals surface area contributed by atoms with E-state index in [1.54, 1.807) is 6.07 Å². The number of hydroxylamine groups is 1. The van der Waals surface area contributed by atoms with Gasteiger partial charge in [0.2, 0.25) is 5.91 Å². The van der Waals surface area contributed by atoms with Crippen molar-refractivity contribution in [1.29, 1.82) is 0 Å². The number of nitrogens with one attached hydrogen (secondary N) is 2. The van der Waals surface area contributed by atoms with Crippen LogP contribution in [0.1, 0.15) is 49.8 Å². The minimum absolute atomic E-state index is 0.0704. The fourth-order valence-electron chi connectivity index (χ4n) is 1.35. The maximum atomic E-state index is 11.8. The van der Waals surface area contributed by atoms with Gasteiger partial charge in [0.15, 0.2) is 0 Å². The Labute approximate surface area is 112 Å². The Morgan fingerprint density at radius 2 is 1.95 bits per heavy atom. The van der Waals surface area contributed by atoms with E-state index in [1.165, 1.54) is 17.7 Å². The predicted molar refractivity (Wildman–Crippen MR) is 69.5 cm³/mol. The molecule has 6 heteroatoms. The molecule has 1 rings (SSSR count). The zero-order chi connectivity index (χ0) is 14.6. The lowest BCUT2D eigenvalue weighted by atomic mass is 9.95. The van der Waals surface area contributed by atoms with Crippen LogP contribution in [0.15, 0.2) is 18.3 Å². The molecule has 0 saturated carbocycles. The summed E-state index contributed by atoms with van der Waals surface area (Å²) in [6.07, 6.45) is 1.35. The number of aromatic nitrogens is 1. The first-order valence-corrected chi connectivity index (χ1v) is 5.97. The molecule has 3 N–H and O–H groups in total. The number of nitrogens with zero attached hydrogens (tertiary/aromatic N) is 1. The van der Waals surface area contributed by atoms with Crippen molar-refractivity contribution in [1.82, 2.24) is 15.8 Å². The Morgan fingerprint density at radius 1 is 1.32 bits per heavy atom. The molecule has 1 heterocycles. The summed E-state index contributed by atoms with van der Waals surface area (Å²) in [4.78, 5) is 27.1. The van der Waals surface area contributed by atoms with Gasteiger partial charge in [0, 0.05) is 11.6 Å². The summed E-state index contributed by atoms with van der Waals surface area (Å²) in [7, 11) is 0. The van der Waals surface area contributed by atoms with Crippen molar-refractivity contribution in [2.45, 2.75) is 33.7 Å². The summed E-state index contributed by atoms with van der Waals surface area (Å²) < 4.78 is 0.